The topological polar surface area (TPSA) is 144 Å². The number of fused-ring (bicyclic) bond motifs is 4. The van der Waals surface area contributed by atoms with Gasteiger partial charge in [0.25, 0.3) is 0 Å². The summed E-state index contributed by atoms with van der Waals surface area (Å²) in [6.07, 6.45) is 0.219. The molecular formula is C52H45Cl2N3O8. The van der Waals surface area contributed by atoms with Gasteiger partial charge in [-0.3, -0.25) is 19.2 Å². The molecule has 0 atom stereocenters. The van der Waals surface area contributed by atoms with Gasteiger partial charge in [-0.15, -0.1) is 23.2 Å². The number of methoxy groups -OCH3 is 4. The van der Waals surface area contributed by atoms with E-state index >= 15 is 0 Å². The summed E-state index contributed by atoms with van der Waals surface area (Å²) in [4.78, 5) is 70.3. The van der Waals surface area contributed by atoms with Crippen LogP contribution in [-0.4, -0.2) is 72.6 Å². The zero-order chi connectivity index (χ0) is 46.2. The number of esters is 4. The number of carbonyl (C=O) groups is 4. The van der Waals surface area contributed by atoms with Gasteiger partial charge < -0.3 is 18.9 Å². The van der Waals surface area contributed by atoms with Gasteiger partial charge in [-0.25, -0.2) is 15.0 Å². The van der Waals surface area contributed by atoms with Gasteiger partial charge in [0.1, 0.15) is 0 Å². The number of hydrogen-bond donors (Lipinski definition) is 0. The van der Waals surface area contributed by atoms with Crippen molar-refractivity contribution in [2.24, 2.45) is 10.8 Å². The van der Waals surface area contributed by atoms with Crippen LogP contribution in [0.2, 0.25) is 0 Å². The maximum Gasteiger partial charge on any atom is 0.323 e. The normalized spacial score (nSPS) is 14.2. The quantitative estimate of drug-likeness (QED) is 0.0622. The Morgan fingerprint density at radius 2 is 0.785 bits per heavy atom. The summed E-state index contributed by atoms with van der Waals surface area (Å²) >= 11 is 9.53. The fourth-order valence-electron chi connectivity index (χ4n) is 9.77. The lowest BCUT2D eigenvalue weighted by molar-refractivity contribution is -0.170. The van der Waals surface area contributed by atoms with Gasteiger partial charge >= 0.3 is 23.9 Å². The van der Waals surface area contributed by atoms with Crippen molar-refractivity contribution in [3.8, 4) is 45.3 Å². The maximum absolute atomic E-state index is 13.6. The minimum atomic E-state index is -1.60. The molecule has 11 nitrogen and oxygen atoms in total. The molecule has 65 heavy (non-hydrogen) atoms. The number of ether oxygens (including phenoxy) is 4. The van der Waals surface area contributed by atoms with Crippen molar-refractivity contribution in [2.45, 2.75) is 39.5 Å². The van der Waals surface area contributed by atoms with Crippen LogP contribution in [0, 0.1) is 24.7 Å². The zero-order valence-electron chi connectivity index (χ0n) is 36.7. The van der Waals surface area contributed by atoms with Crippen LogP contribution >= 0.6 is 23.2 Å². The number of carbonyl (C=O) groups excluding carboxylic acids is 4. The van der Waals surface area contributed by atoms with Gasteiger partial charge in [0, 0.05) is 36.8 Å². The Balaban J connectivity index is 0.00000187. The first-order valence-electron chi connectivity index (χ1n) is 20.9. The Morgan fingerprint density at radius 1 is 0.462 bits per heavy atom. The highest BCUT2D eigenvalue weighted by Crippen LogP contribution is 2.49. The number of rotatable bonds is 8. The molecule has 9 rings (SSSR count). The number of nitrogens with zero attached hydrogens (tertiary/aromatic N) is 3. The number of halogens is 2. The van der Waals surface area contributed by atoms with Crippen molar-refractivity contribution >= 4 is 68.6 Å². The van der Waals surface area contributed by atoms with Gasteiger partial charge in [-0.2, -0.15) is 0 Å². The molecule has 7 aromatic rings. The third kappa shape index (κ3) is 7.46. The van der Waals surface area contributed by atoms with Crippen molar-refractivity contribution < 1.29 is 38.1 Å². The van der Waals surface area contributed by atoms with Gasteiger partial charge in [0.05, 0.1) is 67.9 Å². The van der Waals surface area contributed by atoms with Crippen molar-refractivity contribution in [1.29, 1.82) is 0 Å². The molecule has 0 N–H and O–H groups in total. The van der Waals surface area contributed by atoms with E-state index in [0.717, 1.165) is 66.1 Å². The van der Waals surface area contributed by atoms with Crippen LogP contribution in [0.1, 0.15) is 33.4 Å². The van der Waals surface area contributed by atoms with Crippen molar-refractivity contribution in [3.63, 3.8) is 0 Å². The van der Waals surface area contributed by atoms with E-state index in [2.05, 4.69) is 0 Å². The highest BCUT2D eigenvalue weighted by atomic mass is 35.5. The predicted octanol–water partition coefficient (Wildman–Crippen LogP) is 9.75. The summed E-state index contributed by atoms with van der Waals surface area (Å²) < 4.78 is 21.0. The molecule has 0 saturated carbocycles. The molecule has 0 aliphatic heterocycles. The van der Waals surface area contributed by atoms with E-state index < -0.39 is 34.7 Å². The third-order valence-electron chi connectivity index (χ3n) is 12.9. The number of benzene rings is 4. The van der Waals surface area contributed by atoms with E-state index in [0.29, 0.717) is 34.2 Å². The third-order valence-corrected chi connectivity index (χ3v) is 12.9. The average molecular weight is 911 g/mol. The second kappa shape index (κ2) is 18.1. The Bertz CT molecular complexity index is 2840. The first-order chi connectivity index (χ1) is 31.4. The first-order valence-corrected chi connectivity index (χ1v) is 21.9. The van der Waals surface area contributed by atoms with Crippen LogP contribution in [-0.2, 0) is 63.8 Å². The minimum Gasteiger partial charge on any atom is -0.468 e. The monoisotopic (exact) mass is 909 g/mol. The van der Waals surface area contributed by atoms with Crippen LogP contribution in [0.3, 0.4) is 0 Å². The number of aromatic nitrogens is 3. The molecule has 0 fully saturated rings. The predicted molar refractivity (Wildman–Crippen MR) is 250 cm³/mol. The highest BCUT2D eigenvalue weighted by molar-refractivity contribution is 6.40. The fraction of sp³-hybridized carbons (Fsp3) is 0.250. The van der Waals surface area contributed by atoms with E-state index in [4.69, 9.17) is 57.1 Å². The SMILES string of the molecule is COC(=O)C1(C(=O)OC)Cc2c(-c3cccc4ccccc34)nc(-c3cccc(-c4nc(-c5cccc6ccccc56)c5c(c4C)CC(C(=O)OC)(C(=O)OC)C5)n3)c(C)c2C1.ClCCl. The van der Waals surface area contributed by atoms with E-state index in [1.54, 1.807) is 0 Å². The molecule has 0 spiro atoms. The molecule has 3 aromatic heterocycles. The second-order valence-corrected chi connectivity index (χ2v) is 17.0. The molecule has 0 saturated heterocycles. The molecule has 0 radical (unpaired) electrons. The summed E-state index contributed by atoms with van der Waals surface area (Å²) in [7, 11) is 5.11. The number of pyridine rings is 3. The summed E-state index contributed by atoms with van der Waals surface area (Å²) in [6.45, 7) is 3.87. The maximum atomic E-state index is 13.6. The molecule has 0 unspecified atom stereocenters. The lowest BCUT2D eigenvalue weighted by Crippen LogP contribution is -2.42. The first kappa shape index (κ1) is 44.9. The smallest absolute Gasteiger partial charge is 0.323 e. The molecule has 2 aliphatic rings. The van der Waals surface area contributed by atoms with Crippen molar-refractivity contribution in [2.75, 3.05) is 33.8 Å². The van der Waals surface area contributed by atoms with E-state index in [-0.39, 0.29) is 31.0 Å². The Kier molecular flexibility index (Phi) is 12.5. The lowest BCUT2D eigenvalue weighted by Gasteiger charge is -2.22. The summed E-state index contributed by atoms with van der Waals surface area (Å²) in [5.74, 6) is -2.69. The molecule has 0 amide bonds. The van der Waals surface area contributed by atoms with Crippen LogP contribution in [0.4, 0.5) is 0 Å². The van der Waals surface area contributed by atoms with E-state index in [9.17, 15) is 19.2 Å². The van der Waals surface area contributed by atoms with Gasteiger partial charge in [0.2, 0.25) is 0 Å². The van der Waals surface area contributed by atoms with Gasteiger partial charge in [-0.1, -0.05) is 91.0 Å². The summed E-state index contributed by atoms with van der Waals surface area (Å²) in [5, 5.41) is 4.14. The van der Waals surface area contributed by atoms with Gasteiger partial charge in [0.15, 0.2) is 10.8 Å². The van der Waals surface area contributed by atoms with Gasteiger partial charge in [-0.05, 0) is 80.9 Å². The number of alkyl halides is 2. The molecular weight excluding hydrogens is 865 g/mol. The largest absolute Gasteiger partial charge is 0.468 e. The van der Waals surface area contributed by atoms with E-state index in [1.165, 1.54) is 28.4 Å². The Labute approximate surface area is 386 Å². The molecule has 330 valence electrons. The molecule has 2 aliphatic carbocycles. The fourth-order valence-corrected chi connectivity index (χ4v) is 9.77. The van der Waals surface area contributed by atoms with Crippen molar-refractivity contribution in [1.82, 2.24) is 15.0 Å². The van der Waals surface area contributed by atoms with E-state index in [1.807, 2.05) is 117 Å². The van der Waals surface area contributed by atoms with Crippen molar-refractivity contribution in [3.05, 3.63) is 137 Å². The highest BCUT2D eigenvalue weighted by Gasteiger charge is 2.55. The number of hydrogen-bond acceptors (Lipinski definition) is 11. The van der Waals surface area contributed by atoms with Crippen LogP contribution in [0.5, 0.6) is 0 Å². The Hall–Kier alpha value is -6.69. The lowest BCUT2D eigenvalue weighted by atomic mass is 9.84. The van der Waals surface area contributed by atoms with Crippen LogP contribution in [0.25, 0.3) is 66.8 Å². The molecule has 0 bridgehead atoms. The molecule has 3 heterocycles. The second-order valence-electron chi connectivity index (χ2n) is 16.2. The van der Waals surface area contributed by atoms with Crippen LogP contribution < -0.4 is 0 Å². The van der Waals surface area contributed by atoms with Crippen LogP contribution in [0.15, 0.2) is 103 Å². The molecule has 13 heteroatoms. The standard InChI is InChI=1S/C51H43N3O8.CH2Cl2/c1-28-36-24-50(46(55)59-3,47(56)60-4)26-38(36)44(34-20-11-16-30-14-7-9-18-32(30)34)53-42(28)40-22-13-23-41(52-40)43-29(2)37-25-51(48(57)61-5,49(58)62-6)27-39(37)45(54-43)35-21-12-17-31-15-8-10-19-33(31)35;2-1-3/h7-23H,24-27H2,1-6H3;1H2. The summed E-state index contributed by atoms with van der Waals surface area (Å²) in [6, 6.07) is 33.7. The minimum absolute atomic E-state index is 0.0512. The summed E-state index contributed by atoms with van der Waals surface area (Å²) in [5.41, 5.74) is 6.65. The Morgan fingerprint density at radius 3 is 1.15 bits per heavy atom. The molecule has 4 aromatic carbocycles. The zero-order valence-corrected chi connectivity index (χ0v) is 38.2. The average Bonchev–Trinajstić information content (AvgIpc) is 3.97.